The fourth-order valence-electron chi connectivity index (χ4n) is 1.90. The largest absolute Gasteiger partial charge is 0.323 e. The molecule has 2 rings (SSSR count). The van der Waals surface area contributed by atoms with Crippen LogP contribution in [0.4, 0.5) is 10.5 Å². The first kappa shape index (κ1) is 14.4. The van der Waals surface area contributed by atoms with E-state index >= 15 is 0 Å². The number of anilines is 1. The quantitative estimate of drug-likeness (QED) is 0.945. The molecule has 20 heavy (non-hydrogen) atoms. The first-order chi connectivity index (χ1) is 9.47. The molecule has 0 bridgehead atoms. The Hall–Kier alpha value is -2.01. The number of aryl methyl sites for hydroxylation is 2. The molecule has 0 unspecified atom stereocenters. The SMILES string of the molecule is Cc1nn(C)cc1CN(C)C(=O)Nc1ccccc1Cl. The lowest BCUT2D eigenvalue weighted by Gasteiger charge is -2.18. The first-order valence-electron chi connectivity index (χ1n) is 6.23. The van der Waals surface area contributed by atoms with Crippen LogP contribution in [-0.4, -0.2) is 27.8 Å². The third kappa shape index (κ3) is 3.30. The van der Waals surface area contributed by atoms with Crippen molar-refractivity contribution in [3.05, 3.63) is 46.7 Å². The van der Waals surface area contributed by atoms with E-state index in [0.29, 0.717) is 17.3 Å². The Labute approximate surface area is 123 Å². The van der Waals surface area contributed by atoms with Gasteiger partial charge in [-0.3, -0.25) is 4.68 Å². The number of benzene rings is 1. The van der Waals surface area contributed by atoms with Gasteiger partial charge < -0.3 is 10.2 Å². The highest BCUT2D eigenvalue weighted by Gasteiger charge is 2.13. The lowest BCUT2D eigenvalue weighted by atomic mass is 10.2. The molecule has 0 saturated carbocycles. The summed E-state index contributed by atoms with van der Waals surface area (Å²) in [7, 11) is 3.60. The number of para-hydroxylation sites is 1. The molecular formula is C14H17ClN4O. The minimum atomic E-state index is -0.207. The molecule has 0 radical (unpaired) electrons. The van der Waals surface area contributed by atoms with Crippen molar-refractivity contribution in [3.8, 4) is 0 Å². The molecule has 0 aliphatic rings. The highest BCUT2D eigenvalue weighted by atomic mass is 35.5. The number of halogens is 1. The van der Waals surface area contributed by atoms with Crippen LogP contribution < -0.4 is 5.32 Å². The second-order valence-corrected chi connectivity index (χ2v) is 5.09. The minimum absolute atomic E-state index is 0.207. The molecule has 6 heteroatoms. The number of aromatic nitrogens is 2. The van der Waals surface area contributed by atoms with E-state index in [1.54, 1.807) is 28.8 Å². The van der Waals surface area contributed by atoms with Crippen LogP contribution in [0.1, 0.15) is 11.3 Å². The molecule has 106 valence electrons. The minimum Gasteiger partial charge on any atom is -0.323 e. The third-order valence-corrected chi connectivity index (χ3v) is 3.31. The summed E-state index contributed by atoms with van der Waals surface area (Å²) in [5.74, 6) is 0. The van der Waals surface area contributed by atoms with E-state index in [-0.39, 0.29) is 6.03 Å². The van der Waals surface area contributed by atoms with Gasteiger partial charge in [-0.1, -0.05) is 23.7 Å². The second kappa shape index (κ2) is 5.96. The highest BCUT2D eigenvalue weighted by Crippen LogP contribution is 2.21. The zero-order valence-electron chi connectivity index (χ0n) is 11.7. The van der Waals surface area contributed by atoms with E-state index in [0.717, 1.165) is 11.3 Å². The van der Waals surface area contributed by atoms with E-state index in [1.807, 2.05) is 32.3 Å². The van der Waals surface area contributed by atoms with E-state index in [1.165, 1.54) is 0 Å². The summed E-state index contributed by atoms with van der Waals surface area (Å²) >= 11 is 6.02. The lowest BCUT2D eigenvalue weighted by Crippen LogP contribution is -2.31. The van der Waals surface area contributed by atoms with Crippen molar-refractivity contribution in [1.29, 1.82) is 0 Å². The zero-order chi connectivity index (χ0) is 14.7. The number of amides is 2. The Balaban J connectivity index is 2.02. The predicted octanol–water partition coefficient (Wildman–Crippen LogP) is 3.05. The van der Waals surface area contributed by atoms with Crippen molar-refractivity contribution in [2.24, 2.45) is 7.05 Å². The summed E-state index contributed by atoms with van der Waals surface area (Å²) < 4.78 is 1.74. The number of hydrogen-bond donors (Lipinski definition) is 1. The first-order valence-corrected chi connectivity index (χ1v) is 6.61. The van der Waals surface area contributed by atoms with Gasteiger partial charge in [-0.25, -0.2) is 4.79 Å². The smallest absolute Gasteiger partial charge is 0.321 e. The second-order valence-electron chi connectivity index (χ2n) is 4.68. The molecular weight excluding hydrogens is 276 g/mol. The van der Waals surface area contributed by atoms with Crippen molar-refractivity contribution < 1.29 is 4.79 Å². The maximum atomic E-state index is 12.1. The fourth-order valence-corrected chi connectivity index (χ4v) is 2.09. The number of nitrogens with one attached hydrogen (secondary N) is 1. The third-order valence-electron chi connectivity index (χ3n) is 2.98. The molecule has 0 aliphatic carbocycles. The maximum absolute atomic E-state index is 12.1. The molecule has 0 saturated heterocycles. The molecule has 0 spiro atoms. The van der Waals surface area contributed by atoms with Crippen LogP contribution in [0.3, 0.4) is 0 Å². The van der Waals surface area contributed by atoms with Gasteiger partial charge in [0.25, 0.3) is 0 Å². The van der Waals surface area contributed by atoms with Gasteiger partial charge in [0.1, 0.15) is 0 Å². The van der Waals surface area contributed by atoms with Gasteiger partial charge in [-0.05, 0) is 19.1 Å². The maximum Gasteiger partial charge on any atom is 0.321 e. The number of carbonyl (C=O) groups excluding carboxylic acids is 1. The van der Waals surface area contributed by atoms with Crippen LogP contribution in [0.5, 0.6) is 0 Å². The molecule has 2 amide bonds. The summed E-state index contributed by atoms with van der Waals surface area (Å²) in [6, 6.07) is 6.94. The number of carbonyl (C=O) groups is 1. The zero-order valence-corrected chi connectivity index (χ0v) is 12.5. The highest BCUT2D eigenvalue weighted by molar-refractivity contribution is 6.33. The Morgan fingerprint density at radius 3 is 2.75 bits per heavy atom. The standard InChI is InChI=1S/C14H17ClN4O/c1-10-11(9-19(3)17-10)8-18(2)14(20)16-13-7-5-4-6-12(13)15/h4-7,9H,8H2,1-3H3,(H,16,20). The molecule has 5 nitrogen and oxygen atoms in total. The van der Waals surface area contributed by atoms with E-state index < -0.39 is 0 Å². The number of rotatable bonds is 3. The lowest BCUT2D eigenvalue weighted by molar-refractivity contribution is 0.220. The van der Waals surface area contributed by atoms with Crippen LogP contribution in [0.2, 0.25) is 5.02 Å². The average molecular weight is 293 g/mol. The summed E-state index contributed by atoms with van der Waals surface area (Å²) in [6.45, 7) is 2.42. The molecule has 1 aromatic carbocycles. The van der Waals surface area contributed by atoms with Gasteiger partial charge in [0.15, 0.2) is 0 Å². The van der Waals surface area contributed by atoms with E-state index in [4.69, 9.17) is 11.6 Å². The van der Waals surface area contributed by atoms with Crippen molar-refractivity contribution in [1.82, 2.24) is 14.7 Å². The Kier molecular flexibility index (Phi) is 4.29. The van der Waals surface area contributed by atoms with Gasteiger partial charge in [0.05, 0.1) is 22.9 Å². The monoisotopic (exact) mass is 292 g/mol. The van der Waals surface area contributed by atoms with Gasteiger partial charge in [-0.15, -0.1) is 0 Å². The van der Waals surface area contributed by atoms with Crippen molar-refractivity contribution in [2.75, 3.05) is 12.4 Å². The Bertz CT molecular complexity index is 623. The molecule has 1 heterocycles. The Morgan fingerprint density at radius 1 is 1.45 bits per heavy atom. The average Bonchev–Trinajstić information content (AvgIpc) is 2.70. The van der Waals surface area contributed by atoms with Crippen LogP contribution in [-0.2, 0) is 13.6 Å². The topological polar surface area (TPSA) is 50.2 Å². The molecule has 0 aliphatic heterocycles. The number of urea groups is 1. The van der Waals surface area contributed by atoms with Crippen LogP contribution in [0, 0.1) is 6.92 Å². The van der Waals surface area contributed by atoms with Crippen molar-refractivity contribution >= 4 is 23.3 Å². The van der Waals surface area contributed by atoms with Crippen molar-refractivity contribution in [3.63, 3.8) is 0 Å². The normalized spacial score (nSPS) is 10.4. The van der Waals surface area contributed by atoms with Gasteiger partial charge >= 0.3 is 6.03 Å². The fraction of sp³-hybridized carbons (Fsp3) is 0.286. The van der Waals surface area contributed by atoms with Crippen LogP contribution in [0.25, 0.3) is 0 Å². The van der Waals surface area contributed by atoms with E-state index in [2.05, 4.69) is 10.4 Å². The number of hydrogen-bond acceptors (Lipinski definition) is 2. The summed E-state index contributed by atoms with van der Waals surface area (Å²) in [5, 5.41) is 7.56. The molecule has 0 fully saturated rings. The molecule has 1 N–H and O–H groups in total. The molecule has 1 aromatic heterocycles. The summed E-state index contributed by atoms with van der Waals surface area (Å²) in [6.07, 6.45) is 1.91. The van der Waals surface area contributed by atoms with Gasteiger partial charge in [0, 0.05) is 25.9 Å². The van der Waals surface area contributed by atoms with Gasteiger partial charge in [-0.2, -0.15) is 5.10 Å². The van der Waals surface area contributed by atoms with Crippen LogP contribution in [0.15, 0.2) is 30.5 Å². The molecule has 0 atom stereocenters. The Morgan fingerprint density at radius 2 is 2.15 bits per heavy atom. The predicted molar refractivity (Wildman–Crippen MR) is 79.9 cm³/mol. The van der Waals surface area contributed by atoms with E-state index in [9.17, 15) is 4.79 Å². The summed E-state index contributed by atoms with van der Waals surface area (Å²) in [4.78, 5) is 13.7. The summed E-state index contributed by atoms with van der Waals surface area (Å²) in [5.41, 5.74) is 2.54. The molecule has 2 aromatic rings. The number of nitrogens with zero attached hydrogens (tertiary/aromatic N) is 3. The van der Waals surface area contributed by atoms with Crippen LogP contribution >= 0.6 is 11.6 Å². The van der Waals surface area contributed by atoms with Gasteiger partial charge in [0.2, 0.25) is 0 Å². The van der Waals surface area contributed by atoms with Crippen molar-refractivity contribution in [2.45, 2.75) is 13.5 Å².